The highest BCUT2D eigenvalue weighted by atomic mass is 19.4. The van der Waals surface area contributed by atoms with Crippen molar-refractivity contribution in [2.24, 2.45) is 11.8 Å². The average molecular weight is 360 g/mol. The van der Waals surface area contributed by atoms with Crippen molar-refractivity contribution in [1.82, 2.24) is 4.90 Å². The van der Waals surface area contributed by atoms with E-state index in [1.807, 2.05) is 6.92 Å². The second kappa shape index (κ2) is 7.73. The van der Waals surface area contributed by atoms with Gasteiger partial charge in [-0.2, -0.15) is 13.2 Å². The molecule has 2 rings (SSSR count). The largest absolute Gasteiger partial charge is 0.494 e. The molecule has 25 heavy (non-hydrogen) atoms. The fraction of sp³-hybridized carbons (Fsp3) is 0.500. The van der Waals surface area contributed by atoms with E-state index in [0.717, 1.165) is 0 Å². The molecular weight excluding hydrogens is 341 g/mol. The summed E-state index contributed by atoms with van der Waals surface area (Å²) in [5.41, 5.74) is 0.481. The summed E-state index contributed by atoms with van der Waals surface area (Å²) in [6, 6.07) is 6.56. The van der Waals surface area contributed by atoms with Gasteiger partial charge in [0.1, 0.15) is 5.75 Å². The molecule has 1 fully saturated rings. The molecule has 2 atom stereocenters. The molecule has 0 unspecified atom stereocenters. The fourth-order valence-corrected chi connectivity index (χ4v) is 2.80. The number of likely N-dealkylation sites (tertiary alicyclic amines) is 1. The Morgan fingerprint density at radius 1 is 1.28 bits per heavy atom. The number of rotatable bonds is 6. The molecule has 1 heterocycles. The van der Waals surface area contributed by atoms with Gasteiger partial charge in [0.15, 0.2) is 0 Å². The van der Waals surface area contributed by atoms with Crippen molar-refractivity contribution in [3.63, 3.8) is 0 Å². The van der Waals surface area contributed by atoms with Crippen molar-refractivity contribution in [2.45, 2.75) is 13.1 Å². The van der Waals surface area contributed by atoms with Crippen LogP contribution in [0.2, 0.25) is 0 Å². The number of amides is 1. The van der Waals surface area contributed by atoms with E-state index in [1.165, 1.54) is 4.90 Å². The number of alkyl halides is 3. The second-order valence-electron chi connectivity index (χ2n) is 5.79. The van der Waals surface area contributed by atoms with Crippen LogP contribution in [-0.2, 0) is 9.59 Å². The summed E-state index contributed by atoms with van der Waals surface area (Å²) in [5, 5.41) is 11.5. The lowest BCUT2D eigenvalue weighted by Crippen LogP contribution is -2.34. The van der Waals surface area contributed by atoms with E-state index in [4.69, 9.17) is 9.84 Å². The number of carbonyl (C=O) groups is 2. The number of carboxylic acids is 1. The van der Waals surface area contributed by atoms with Gasteiger partial charge < -0.3 is 15.2 Å². The molecule has 138 valence electrons. The summed E-state index contributed by atoms with van der Waals surface area (Å²) < 4.78 is 44.0. The Kier molecular flexibility index (Phi) is 5.89. The third-order valence-corrected chi connectivity index (χ3v) is 3.95. The fourth-order valence-electron chi connectivity index (χ4n) is 2.80. The normalized spacial score (nSPS) is 21.1. The highest BCUT2D eigenvalue weighted by Crippen LogP contribution is 2.37. The van der Waals surface area contributed by atoms with E-state index in [9.17, 15) is 22.8 Å². The van der Waals surface area contributed by atoms with Crippen molar-refractivity contribution in [2.75, 3.05) is 31.6 Å². The monoisotopic (exact) mass is 360 g/mol. The first-order valence-electron chi connectivity index (χ1n) is 7.75. The third kappa shape index (κ3) is 5.09. The molecule has 1 amide bonds. The summed E-state index contributed by atoms with van der Waals surface area (Å²) in [4.78, 5) is 24.2. The lowest BCUT2D eigenvalue weighted by atomic mass is 9.96. The van der Waals surface area contributed by atoms with Crippen molar-refractivity contribution in [3.05, 3.63) is 24.3 Å². The number of carbonyl (C=O) groups excluding carboxylic acids is 1. The minimum Gasteiger partial charge on any atom is -0.494 e. The standard InChI is InChI=1S/C16H19F3N2O4/c1-2-25-11-5-3-10(4-6-11)20-14(22)9-21-7-12(15(23)24)13(8-21)16(17,18)19/h3-6,12-13H,2,7-9H2,1H3,(H,20,22)(H,23,24)/t12-,13-/m1/s1. The zero-order valence-electron chi connectivity index (χ0n) is 13.5. The smallest absolute Gasteiger partial charge is 0.393 e. The third-order valence-electron chi connectivity index (χ3n) is 3.95. The van der Waals surface area contributed by atoms with Crippen LogP contribution in [0.1, 0.15) is 6.92 Å². The van der Waals surface area contributed by atoms with Gasteiger partial charge in [0, 0.05) is 18.8 Å². The lowest BCUT2D eigenvalue weighted by Gasteiger charge is -2.18. The zero-order chi connectivity index (χ0) is 18.6. The number of hydrogen-bond donors (Lipinski definition) is 2. The Labute approximate surface area is 142 Å². The number of ether oxygens (including phenoxy) is 1. The first-order chi connectivity index (χ1) is 11.7. The van der Waals surface area contributed by atoms with Gasteiger partial charge in [0.2, 0.25) is 5.91 Å². The summed E-state index contributed by atoms with van der Waals surface area (Å²) in [6.07, 6.45) is -4.61. The Morgan fingerprint density at radius 3 is 2.40 bits per heavy atom. The SMILES string of the molecule is CCOc1ccc(NC(=O)CN2C[C@@H](C(F)(F)F)[C@H](C(=O)O)C2)cc1. The first-order valence-corrected chi connectivity index (χ1v) is 7.75. The van der Waals surface area contributed by atoms with Gasteiger partial charge in [-0.1, -0.05) is 0 Å². The number of benzene rings is 1. The zero-order valence-corrected chi connectivity index (χ0v) is 13.5. The number of halogens is 3. The van der Waals surface area contributed by atoms with Crippen LogP contribution in [0.5, 0.6) is 5.75 Å². The molecule has 1 aromatic rings. The maximum absolute atomic E-state index is 12.9. The highest BCUT2D eigenvalue weighted by Gasteiger charge is 2.52. The van der Waals surface area contributed by atoms with Gasteiger partial charge in [-0.15, -0.1) is 0 Å². The quantitative estimate of drug-likeness (QED) is 0.813. The Bertz CT molecular complexity index is 619. The van der Waals surface area contributed by atoms with Gasteiger partial charge >= 0.3 is 12.1 Å². The van der Waals surface area contributed by atoms with Crippen LogP contribution in [0.25, 0.3) is 0 Å². The van der Waals surface area contributed by atoms with E-state index in [1.54, 1.807) is 24.3 Å². The molecule has 6 nitrogen and oxygen atoms in total. The van der Waals surface area contributed by atoms with Crippen LogP contribution < -0.4 is 10.1 Å². The summed E-state index contributed by atoms with van der Waals surface area (Å²) in [7, 11) is 0. The number of hydrogen-bond acceptors (Lipinski definition) is 4. The second-order valence-corrected chi connectivity index (χ2v) is 5.79. The van der Waals surface area contributed by atoms with Gasteiger partial charge in [-0.05, 0) is 31.2 Å². The molecule has 0 radical (unpaired) electrons. The number of carboxylic acid groups (broad SMARTS) is 1. The van der Waals surface area contributed by atoms with Crippen LogP contribution in [0.4, 0.5) is 18.9 Å². The Hall–Kier alpha value is -2.29. The van der Waals surface area contributed by atoms with E-state index in [2.05, 4.69) is 5.32 Å². The van der Waals surface area contributed by atoms with Crippen LogP contribution in [0, 0.1) is 11.8 Å². The van der Waals surface area contributed by atoms with Crippen molar-refractivity contribution in [1.29, 1.82) is 0 Å². The summed E-state index contributed by atoms with van der Waals surface area (Å²) in [6.45, 7) is 1.23. The molecule has 0 aliphatic carbocycles. The predicted molar refractivity (Wildman–Crippen MR) is 83.4 cm³/mol. The van der Waals surface area contributed by atoms with Gasteiger partial charge in [0.05, 0.1) is 25.0 Å². The Morgan fingerprint density at radius 2 is 1.92 bits per heavy atom. The van der Waals surface area contributed by atoms with Crippen LogP contribution in [-0.4, -0.2) is 54.3 Å². The first kappa shape index (κ1) is 19.0. The average Bonchev–Trinajstić information content (AvgIpc) is 2.94. The number of nitrogens with one attached hydrogen (secondary N) is 1. The highest BCUT2D eigenvalue weighted by molar-refractivity contribution is 5.92. The van der Waals surface area contributed by atoms with Crippen LogP contribution >= 0.6 is 0 Å². The van der Waals surface area contributed by atoms with Crippen LogP contribution in [0.3, 0.4) is 0 Å². The molecule has 1 aliphatic heterocycles. The number of anilines is 1. The molecule has 1 saturated heterocycles. The van der Waals surface area contributed by atoms with Crippen molar-refractivity contribution in [3.8, 4) is 5.75 Å². The van der Waals surface area contributed by atoms with Crippen LogP contribution in [0.15, 0.2) is 24.3 Å². The molecule has 1 aromatic carbocycles. The Balaban J connectivity index is 1.93. The molecule has 2 N–H and O–H groups in total. The molecular formula is C16H19F3N2O4. The lowest BCUT2D eigenvalue weighted by molar-refractivity contribution is -0.188. The minimum absolute atomic E-state index is 0.302. The van der Waals surface area contributed by atoms with Gasteiger partial charge in [0.25, 0.3) is 0 Å². The topological polar surface area (TPSA) is 78.9 Å². The minimum atomic E-state index is -4.61. The number of nitrogens with zero attached hydrogens (tertiary/aromatic N) is 1. The van der Waals surface area contributed by atoms with Gasteiger partial charge in [-0.3, -0.25) is 14.5 Å². The summed E-state index contributed by atoms with van der Waals surface area (Å²) >= 11 is 0. The number of aliphatic carboxylic acids is 1. The predicted octanol–water partition coefficient (Wildman–Crippen LogP) is 2.22. The molecule has 0 aromatic heterocycles. The van der Waals surface area contributed by atoms with Gasteiger partial charge in [-0.25, -0.2) is 0 Å². The van der Waals surface area contributed by atoms with Crippen molar-refractivity contribution < 1.29 is 32.6 Å². The molecule has 0 spiro atoms. The maximum atomic E-state index is 12.9. The molecule has 1 aliphatic rings. The molecule has 9 heteroatoms. The molecule has 0 bridgehead atoms. The van der Waals surface area contributed by atoms with Crippen molar-refractivity contribution >= 4 is 17.6 Å². The van der Waals surface area contributed by atoms with E-state index in [0.29, 0.717) is 18.0 Å². The molecule has 0 saturated carbocycles. The summed E-state index contributed by atoms with van der Waals surface area (Å²) in [5.74, 6) is -4.90. The van der Waals surface area contributed by atoms with E-state index >= 15 is 0 Å². The van der Waals surface area contributed by atoms with E-state index < -0.39 is 36.4 Å². The maximum Gasteiger partial charge on any atom is 0.393 e. The van der Waals surface area contributed by atoms with E-state index in [-0.39, 0.29) is 13.1 Å².